The third kappa shape index (κ3) is 2.76. The van der Waals surface area contributed by atoms with Crippen LogP contribution in [0.4, 0.5) is 4.39 Å². The number of nitrogens with two attached hydrogens (primary N) is 1. The van der Waals surface area contributed by atoms with Crippen molar-refractivity contribution in [3.05, 3.63) is 35.6 Å². The molecule has 1 fully saturated rings. The summed E-state index contributed by atoms with van der Waals surface area (Å²) in [5.41, 5.74) is 9.71. The normalized spacial score (nSPS) is 15.9. The largest absolute Gasteiger partial charge is 0.375 e. The molecule has 16 heavy (non-hydrogen) atoms. The highest BCUT2D eigenvalue weighted by Crippen LogP contribution is 2.33. The van der Waals surface area contributed by atoms with Crippen molar-refractivity contribution in [3.8, 4) is 0 Å². The summed E-state index contributed by atoms with van der Waals surface area (Å²) >= 11 is 4.69. The van der Waals surface area contributed by atoms with Crippen molar-refractivity contribution in [1.29, 1.82) is 0 Å². The van der Waals surface area contributed by atoms with E-state index in [1.807, 2.05) is 0 Å². The predicted molar refractivity (Wildman–Crippen MR) is 65.6 cm³/mol. The molecule has 84 valence electrons. The Kier molecular flexibility index (Phi) is 3.14. The maximum absolute atomic E-state index is 12.8. The summed E-state index contributed by atoms with van der Waals surface area (Å²) in [6.07, 6.45) is 2.21. The zero-order chi connectivity index (χ0) is 11.5. The topological polar surface area (TPSA) is 50.4 Å². The van der Waals surface area contributed by atoms with Gasteiger partial charge < -0.3 is 5.73 Å². The van der Waals surface area contributed by atoms with Crippen LogP contribution in [0.2, 0.25) is 0 Å². The van der Waals surface area contributed by atoms with Crippen molar-refractivity contribution in [3.63, 3.8) is 0 Å². The van der Waals surface area contributed by atoms with E-state index in [2.05, 4.69) is 10.5 Å². The van der Waals surface area contributed by atoms with Crippen molar-refractivity contribution in [2.24, 2.45) is 16.8 Å². The Balaban J connectivity index is 2.22. The Morgan fingerprint density at radius 1 is 1.38 bits per heavy atom. The molecule has 3 nitrogen and oxygen atoms in total. The van der Waals surface area contributed by atoms with E-state index in [1.165, 1.54) is 12.1 Å². The number of hydrogen-bond acceptors (Lipinski definition) is 2. The van der Waals surface area contributed by atoms with Crippen molar-refractivity contribution in [2.45, 2.75) is 12.8 Å². The van der Waals surface area contributed by atoms with Crippen LogP contribution in [0.1, 0.15) is 18.4 Å². The number of rotatable bonds is 3. The van der Waals surface area contributed by atoms with Crippen molar-refractivity contribution >= 4 is 23.0 Å². The molecule has 1 aliphatic rings. The Labute approximate surface area is 98.5 Å². The molecule has 0 amide bonds. The molecule has 0 aromatic heterocycles. The fourth-order valence-corrected chi connectivity index (χ4v) is 1.53. The SMILES string of the molecule is NC(=S)N/N=C(\c1ccc(F)cc1)C1CC1. The molecule has 0 unspecified atom stereocenters. The van der Waals surface area contributed by atoms with Crippen LogP contribution in [-0.4, -0.2) is 10.8 Å². The van der Waals surface area contributed by atoms with Gasteiger partial charge in [-0.15, -0.1) is 0 Å². The van der Waals surface area contributed by atoms with E-state index in [4.69, 9.17) is 18.0 Å². The van der Waals surface area contributed by atoms with Gasteiger partial charge in [0.05, 0.1) is 5.71 Å². The fraction of sp³-hybridized carbons (Fsp3) is 0.273. The lowest BCUT2D eigenvalue weighted by molar-refractivity contribution is 0.627. The zero-order valence-corrected chi connectivity index (χ0v) is 9.43. The predicted octanol–water partition coefficient (Wildman–Crippen LogP) is 1.77. The molecule has 1 aromatic rings. The minimum atomic E-state index is -0.249. The number of benzene rings is 1. The number of nitrogens with one attached hydrogen (secondary N) is 1. The molecule has 0 aliphatic heterocycles. The smallest absolute Gasteiger partial charge is 0.184 e. The third-order valence-corrected chi connectivity index (χ3v) is 2.48. The monoisotopic (exact) mass is 237 g/mol. The number of halogens is 1. The Morgan fingerprint density at radius 3 is 2.50 bits per heavy atom. The molecular formula is C11H12FN3S. The molecule has 5 heteroatoms. The number of hydrazone groups is 1. The van der Waals surface area contributed by atoms with Gasteiger partial charge in [-0.2, -0.15) is 5.10 Å². The van der Waals surface area contributed by atoms with E-state index in [0.717, 1.165) is 24.1 Å². The van der Waals surface area contributed by atoms with E-state index < -0.39 is 0 Å². The van der Waals surface area contributed by atoms with E-state index >= 15 is 0 Å². The molecule has 1 aliphatic carbocycles. The van der Waals surface area contributed by atoms with Gasteiger partial charge in [-0.1, -0.05) is 12.1 Å². The second-order valence-electron chi connectivity index (χ2n) is 3.75. The quantitative estimate of drug-likeness (QED) is 0.478. The van der Waals surface area contributed by atoms with Gasteiger partial charge in [-0.3, -0.25) is 5.43 Å². The Hall–Kier alpha value is -1.49. The summed E-state index contributed by atoms with van der Waals surface area (Å²) < 4.78 is 12.8. The summed E-state index contributed by atoms with van der Waals surface area (Å²) in [7, 11) is 0. The molecule has 0 spiro atoms. The van der Waals surface area contributed by atoms with Gasteiger partial charge in [0.2, 0.25) is 0 Å². The number of nitrogens with zero attached hydrogens (tertiary/aromatic N) is 1. The van der Waals surface area contributed by atoms with Gasteiger partial charge in [0.25, 0.3) is 0 Å². The minimum absolute atomic E-state index is 0.139. The van der Waals surface area contributed by atoms with Crippen molar-refractivity contribution < 1.29 is 4.39 Å². The van der Waals surface area contributed by atoms with Crippen LogP contribution in [0.3, 0.4) is 0 Å². The molecule has 0 radical (unpaired) electrons. The summed E-state index contributed by atoms with van der Waals surface area (Å²) in [5, 5.41) is 4.30. The average Bonchev–Trinajstić information content (AvgIpc) is 3.04. The highest BCUT2D eigenvalue weighted by molar-refractivity contribution is 7.80. The van der Waals surface area contributed by atoms with Crippen LogP contribution in [0, 0.1) is 11.7 Å². The van der Waals surface area contributed by atoms with Gasteiger partial charge in [0.15, 0.2) is 5.11 Å². The van der Waals surface area contributed by atoms with E-state index in [1.54, 1.807) is 12.1 Å². The molecule has 0 heterocycles. The first-order valence-corrected chi connectivity index (χ1v) is 5.46. The average molecular weight is 237 g/mol. The number of thiocarbonyl (C=S) groups is 1. The first kappa shape index (κ1) is 11.0. The first-order chi connectivity index (χ1) is 7.66. The van der Waals surface area contributed by atoms with Crippen LogP contribution in [0.25, 0.3) is 0 Å². The van der Waals surface area contributed by atoms with E-state index in [0.29, 0.717) is 5.92 Å². The molecule has 2 rings (SSSR count). The van der Waals surface area contributed by atoms with Crippen LogP contribution in [0.5, 0.6) is 0 Å². The van der Waals surface area contributed by atoms with Crippen LogP contribution in [-0.2, 0) is 0 Å². The zero-order valence-electron chi connectivity index (χ0n) is 8.61. The maximum atomic E-state index is 12.8. The summed E-state index contributed by atoms with van der Waals surface area (Å²) in [6.45, 7) is 0. The lowest BCUT2D eigenvalue weighted by Crippen LogP contribution is -2.26. The van der Waals surface area contributed by atoms with Crippen LogP contribution >= 0.6 is 12.2 Å². The molecular weight excluding hydrogens is 225 g/mol. The molecule has 0 saturated heterocycles. The molecule has 1 aromatic carbocycles. The minimum Gasteiger partial charge on any atom is -0.375 e. The third-order valence-electron chi connectivity index (χ3n) is 2.39. The van der Waals surface area contributed by atoms with Crippen LogP contribution < -0.4 is 11.2 Å². The van der Waals surface area contributed by atoms with E-state index in [9.17, 15) is 4.39 Å². The second-order valence-corrected chi connectivity index (χ2v) is 4.19. The summed E-state index contributed by atoms with van der Waals surface area (Å²) in [4.78, 5) is 0. The van der Waals surface area contributed by atoms with Crippen LogP contribution in [0.15, 0.2) is 29.4 Å². The molecule has 0 atom stereocenters. The highest BCUT2D eigenvalue weighted by atomic mass is 32.1. The maximum Gasteiger partial charge on any atom is 0.184 e. The lowest BCUT2D eigenvalue weighted by Gasteiger charge is -2.05. The molecule has 1 saturated carbocycles. The Morgan fingerprint density at radius 2 is 2.00 bits per heavy atom. The van der Waals surface area contributed by atoms with Gasteiger partial charge in [-0.05, 0) is 42.8 Å². The first-order valence-electron chi connectivity index (χ1n) is 5.06. The van der Waals surface area contributed by atoms with E-state index in [-0.39, 0.29) is 10.9 Å². The fourth-order valence-electron chi connectivity index (χ4n) is 1.48. The van der Waals surface area contributed by atoms with Gasteiger partial charge in [0.1, 0.15) is 5.82 Å². The second kappa shape index (κ2) is 4.57. The van der Waals surface area contributed by atoms with Crippen molar-refractivity contribution in [1.82, 2.24) is 5.43 Å². The Bertz CT molecular complexity index is 423. The van der Waals surface area contributed by atoms with Gasteiger partial charge >= 0.3 is 0 Å². The summed E-state index contributed by atoms with van der Waals surface area (Å²) in [5.74, 6) is 0.188. The van der Waals surface area contributed by atoms with Crippen molar-refractivity contribution in [2.75, 3.05) is 0 Å². The standard InChI is InChI=1S/C11H12FN3S/c12-9-5-3-8(4-6-9)10(7-1-2-7)14-15-11(13)16/h3-7H,1-2H2,(H3,13,15,16)/b14-10-. The number of hydrogen-bond donors (Lipinski definition) is 2. The molecule has 3 N–H and O–H groups in total. The highest BCUT2D eigenvalue weighted by Gasteiger charge is 2.28. The lowest BCUT2D eigenvalue weighted by atomic mass is 10.1. The molecule has 0 bridgehead atoms. The summed E-state index contributed by atoms with van der Waals surface area (Å²) in [6, 6.07) is 6.28. The van der Waals surface area contributed by atoms with Gasteiger partial charge in [0, 0.05) is 5.92 Å². The van der Waals surface area contributed by atoms with Gasteiger partial charge in [-0.25, -0.2) is 4.39 Å².